The summed E-state index contributed by atoms with van der Waals surface area (Å²) in [6.07, 6.45) is 0.923. The number of fused-ring (bicyclic) bond motifs is 1. The first-order valence-corrected chi connectivity index (χ1v) is 9.28. The number of hydrogen-bond acceptors (Lipinski definition) is 6. The fraction of sp³-hybridized carbons (Fsp3) is 0.158. The summed E-state index contributed by atoms with van der Waals surface area (Å²) >= 11 is 1.62. The van der Waals surface area contributed by atoms with Crippen molar-refractivity contribution in [3.63, 3.8) is 0 Å². The summed E-state index contributed by atoms with van der Waals surface area (Å²) in [5.74, 6) is 0.970. The average Bonchev–Trinajstić information content (AvgIpc) is 3.28. The van der Waals surface area contributed by atoms with Crippen molar-refractivity contribution in [2.24, 2.45) is 5.73 Å². The van der Waals surface area contributed by atoms with E-state index in [2.05, 4.69) is 44.8 Å². The Balaban J connectivity index is 1.48. The van der Waals surface area contributed by atoms with E-state index in [1.807, 2.05) is 24.3 Å². The van der Waals surface area contributed by atoms with E-state index in [1.165, 1.54) is 11.1 Å². The molecule has 0 atom stereocenters. The number of urea groups is 1. The predicted molar refractivity (Wildman–Crippen MR) is 103 cm³/mol. The Hall–Kier alpha value is -3.26. The van der Waals surface area contributed by atoms with Crippen molar-refractivity contribution in [1.29, 1.82) is 0 Å². The van der Waals surface area contributed by atoms with Crippen LogP contribution in [-0.2, 0) is 12.8 Å². The molecule has 0 bridgehead atoms. The molecule has 0 spiro atoms. The lowest BCUT2D eigenvalue weighted by Crippen LogP contribution is -2.30. The van der Waals surface area contributed by atoms with Crippen molar-refractivity contribution in [3.8, 4) is 11.1 Å². The second-order valence-corrected chi connectivity index (χ2v) is 7.08. The number of benzene rings is 2. The Morgan fingerprint density at radius 1 is 1.07 bits per heavy atom. The fourth-order valence-corrected chi connectivity index (χ4v) is 3.74. The number of carbonyl (C=O) groups is 1. The highest BCUT2D eigenvalue weighted by Crippen LogP contribution is 2.29. The van der Waals surface area contributed by atoms with Gasteiger partial charge in [0.2, 0.25) is 11.8 Å². The van der Waals surface area contributed by atoms with E-state index in [4.69, 9.17) is 10.2 Å². The highest BCUT2D eigenvalue weighted by atomic mass is 32.1. The molecule has 27 heavy (non-hydrogen) atoms. The first-order chi connectivity index (χ1) is 13.2. The molecule has 2 aromatic heterocycles. The van der Waals surface area contributed by atoms with Crippen molar-refractivity contribution in [3.05, 3.63) is 65.3 Å². The maximum absolute atomic E-state index is 10.7. The lowest BCUT2D eigenvalue weighted by atomic mass is 10.1. The zero-order valence-corrected chi connectivity index (χ0v) is 15.2. The number of rotatable bonds is 6. The quantitative estimate of drug-likeness (QED) is 0.535. The number of nitrogens with two attached hydrogens (primary N) is 1. The Kier molecular flexibility index (Phi) is 4.80. The minimum atomic E-state index is -0.570. The van der Waals surface area contributed by atoms with E-state index in [0.29, 0.717) is 31.2 Å². The second kappa shape index (κ2) is 7.55. The number of primary amides is 1. The van der Waals surface area contributed by atoms with Gasteiger partial charge < -0.3 is 15.5 Å². The van der Waals surface area contributed by atoms with Crippen LogP contribution in [0, 0.1) is 0 Å². The molecule has 0 fully saturated rings. The first-order valence-electron chi connectivity index (χ1n) is 8.47. The van der Waals surface area contributed by atoms with Crippen LogP contribution in [0.4, 0.5) is 4.79 Å². The second-order valence-electron chi connectivity index (χ2n) is 5.96. The van der Waals surface area contributed by atoms with Gasteiger partial charge in [-0.3, -0.25) is 0 Å². The Bertz CT molecular complexity index is 1070. The Morgan fingerprint density at radius 3 is 2.70 bits per heavy atom. The third-order valence-corrected chi connectivity index (χ3v) is 5.01. The number of amides is 2. The summed E-state index contributed by atoms with van der Waals surface area (Å²) in [4.78, 5) is 15.3. The van der Waals surface area contributed by atoms with Crippen LogP contribution in [0.1, 0.15) is 16.8 Å². The van der Waals surface area contributed by atoms with Crippen molar-refractivity contribution in [2.45, 2.75) is 12.8 Å². The summed E-state index contributed by atoms with van der Waals surface area (Å²) in [7, 11) is 0. The summed E-state index contributed by atoms with van der Waals surface area (Å²) in [6, 6.07) is 16.0. The van der Waals surface area contributed by atoms with Crippen molar-refractivity contribution in [1.82, 2.24) is 20.5 Å². The van der Waals surface area contributed by atoms with Crippen LogP contribution in [0.3, 0.4) is 0 Å². The molecule has 0 radical (unpaired) electrons. The molecular formula is C19H17N5O2S. The molecule has 0 aliphatic rings. The molecule has 0 saturated heterocycles. The van der Waals surface area contributed by atoms with E-state index >= 15 is 0 Å². The normalized spacial score (nSPS) is 11.0. The molecule has 0 aliphatic heterocycles. The van der Waals surface area contributed by atoms with Gasteiger partial charge in [0.15, 0.2) is 0 Å². The fourth-order valence-electron chi connectivity index (χ4n) is 2.74. The third-order valence-electron chi connectivity index (χ3n) is 3.99. The number of nitrogens with zero attached hydrogens (tertiary/aromatic N) is 3. The van der Waals surface area contributed by atoms with Crippen LogP contribution in [0.15, 0.2) is 52.9 Å². The van der Waals surface area contributed by atoms with Crippen LogP contribution >= 0.6 is 11.3 Å². The van der Waals surface area contributed by atoms with E-state index in [1.54, 1.807) is 11.3 Å². The largest absolute Gasteiger partial charge is 0.425 e. The molecule has 8 heteroatoms. The van der Waals surface area contributed by atoms with Crippen LogP contribution in [0.2, 0.25) is 0 Å². The molecule has 0 unspecified atom stereocenters. The van der Waals surface area contributed by atoms with Gasteiger partial charge in [0.25, 0.3) is 0 Å². The lowest BCUT2D eigenvalue weighted by molar-refractivity contribution is 0.249. The number of thiazole rings is 1. The highest BCUT2D eigenvalue weighted by Gasteiger charge is 2.11. The summed E-state index contributed by atoms with van der Waals surface area (Å²) in [5, 5.41) is 11.4. The van der Waals surface area contributed by atoms with Gasteiger partial charge in [-0.05, 0) is 23.3 Å². The molecule has 3 N–H and O–H groups in total. The van der Waals surface area contributed by atoms with Gasteiger partial charge in [-0.15, -0.1) is 21.5 Å². The predicted octanol–water partition coefficient (Wildman–Crippen LogP) is 3.15. The Labute approximate surface area is 159 Å². The summed E-state index contributed by atoms with van der Waals surface area (Å²) in [5.41, 5.74) is 8.33. The Morgan fingerprint density at radius 2 is 1.89 bits per heavy atom. The van der Waals surface area contributed by atoms with Crippen LogP contribution in [-0.4, -0.2) is 27.8 Å². The zero-order valence-electron chi connectivity index (χ0n) is 14.4. The molecule has 136 valence electrons. The smallest absolute Gasteiger partial charge is 0.312 e. The summed E-state index contributed by atoms with van der Waals surface area (Å²) < 4.78 is 6.73. The van der Waals surface area contributed by atoms with Gasteiger partial charge in [0, 0.05) is 13.0 Å². The number of carbonyl (C=O) groups excluding carboxylic acids is 1. The maximum Gasteiger partial charge on any atom is 0.312 e. The van der Waals surface area contributed by atoms with E-state index in [9.17, 15) is 4.79 Å². The minimum Gasteiger partial charge on any atom is -0.425 e. The number of hydrogen-bond donors (Lipinski definition) is 2. The molecule has 4 aromatic rings. The molecule has 2 aromatic carbocycles. The molecule has 4 rings (SSSR count). The lowest BCUT2D eigenvalue weighted by Gasteiger charge is -2.00. The van der Waals surface area contributed by atoms with E-state index < -0.39 is 6.03 Å². The first kappa shape index (κ1) is 17.2. The number of nitrogens with one attached hydrogen (secondary N) is 1. The molecule has 0 saturated carbocycles. The van der Waals surface area contributed by atoms with Crippen molar-refractivity contribution >= 4 is 27.6 Å². The number of aromatic nitrogens is 3. The molecule has 2 amide bonds. The van der Waals surface area contributed by atoms with E-state index in [0.717, 1.165) is 15.2 Å². The van der Waals surface area contributed by atoms with Gasteiger partial charge >= 0.3 is 6.03 Å². The minimum absolute atomic E-state index is 0.361. The van der Waals surface area contributed by atoms with Crippen molar-refractivity contribution < 1.29 is 9.21 Å². The van der Waals surface area contributed by atoms with Crippen LogP contribution in [0.5, 0.6) is 0 Å². The molecule has 7 nitrogen and oxygen atoms in total. The van der Waals surface area contributed by atoms with Gasteiger partial charge in [-0.25, -0.2) is 9.78 Å². The molecule has 2 heterocycles. The molecule has 0 aliphatic carbocycles. The highest BCUT2D eigenvalue weighted by molar-refractivity contribution is 7.18. The standard InChI is InChI=1S/C19H17N5O2S/c20-19(25)21-9-8-16-23-24-17(26-16)11-18-22-14-7-6-13(10-15(14)27-18)12-4-2-1-3-5-12/h1-7,10H,8-9,11H2,(H3,20,21,25). The van der Waals surface area contributed by atoms with Crippen molar-refractivity contribution in [2.75, 3.05) is 6.54 Å². The van der Waals surface area contributed by atoms with Crippen LogP contribution < -0.4 is 11.1 Å². The topological polar surface area (TPSA) is 107 Å². The maximum atomic E-state index is 10.7. The van der Waals surface area contributed by atoms with Gasteiger partial charge in [0.05, 0.1) is 16.6 Å². The van der Waals surface area contributed by atoms with Gasteiger partial charge in [-0.2, -0.15) is 0 Å². The zero-order chi connectivity index (χ0) is 18.6. The SMILES string of the molecule is NC(=O)NCCc1nnc(Cc2nc3ccc(-c4ccccc4)cc3s2)o1. The van der Waals surface area contributed by atoms with Gasteiger partial charge in [0.1, 0.15) is 5.01 Å². The summed E-state index contributed by atoms with van der Waals surface area (Å²) in [6.45, 7) is 0.361. The van der Waals surface area contributed by atoms with Crippen LogP contribution in [0.25, 0.3) is 21.3 Å². The average molecular weight is 379 g/mol. The third kappa shape index (κ3) is 4.12. The van der Waals surface area contributed by atoms with Gasteiger partial charge in [-0.1, -0.05) is 36.4 Å². The monoisotopic (exact) mass is 379 g/mol. The van der Waals surface area contributed by atoms with E-state index in [-0.39, 0.29) is 0 Å². The molecular weight excluding hydrogens is 362 g/mol.